The van der Waals surface area contributed by atoms with Crippen LogP contribution in [0, 0.1) is 11.3 Å². The number of benzene rings is 1. The van der Waals surface area contributed by atoms with Gasteiger partial charge in [-0.15, -0.1) is 0 Å². The molecule has 2 N–H and O–H groups in total. The van der Waals surface area contributed by atoms with Crippen LogP contribution in [0.5, 0.6) is 0 Å². The average Bonchev–Trinajstić information content (AvgIpc) is 2.98. The van der Waals surface area contributed by atoms with E-state index >= 15 is 0 Å². The van der Waals surface area contributed by atoms with Crippen molar-refractivity contribution in [2.75, 3.05) is 13.1 Å². The lowest BCUT2D eigenvalue weighted by atomic mass is 9.81. The fourth-order valence-corrected chi connectivity index (χ4v) is 3.83. The van der Waals surface area contributed by atoms with E-state index in [1.165, 1.54) is 5.56 Å². The highest BCUT2D eigenvalue weighted by molar-refractivity contribution is 5.87. The van der Waals surface area contributed by atoms with Gasteiger partial charge < -0.3 is 20.4 Å². The minimum atomic E-state index is -0.490. The van der Waals surface area contributed by atoms with E-state index in [0.29, 0.717) is 19.0 Å². The Morgan fingerprint density at radius 2 is 1.96 bits per heavy atom. The molecule has 25 heavy (non-hydrogen) atoms. The van der Waals surface area contributed by atoms with Crippen molar-refractivity contribution in [1.82, 2.24) is 10.2 Å². The van der Waals surface area contributed by atoms with Crippen LogP contribution >= 0.6 is 0 Å². The lowest BCUT2D eigenvalue weighted by molar-refractivity contribution is 0.0288. The minimum absolute atomic E-state index is 0.103. The summed E-state index contributed by atoms with van der Waals surface area (Å²) < 4.78 is 5.50. The fourth-order valence-electron chi connectivity index (χ4n) is 3.83. The van der Waals surface area contributed by atoms with Crippen molar-refractivity contribution in [2.24, 2.45) is 5.92 Å². The van der Waals surface area contributed by atoms with Gasteiger partial charge in [-0.25, -0.2) is 4.79 Å². The topological polar surface area (TPSA) is 65.4 Å². The highest BCUT2D eigenvalue weighted by atomic mass is 16.6. The smallest absolute Gasteiger partial charge is 0.410 e. The molecule has 5 nitrogen and oxygen atoms in total. The number of nitrogens with one attached hydrogen (secondary N) is 2. The van der Waals surface area contributed by atoms with Gasteiger partial charge in [0.1, 0.15) is 5.60 Å². The van der Waals surface area contributed by atoms with Crippen molar-refractivity contribution in [3.05, 3.63) is 35.9 Å². The molecule has 2 aliphatic rings. The van der Waals surface area contributed by atoms with Gasteiger partial charge in [0, 0.05) is 43.2 Å². The van der Waals surface area contributed by atoms with Gasteiger partial charge in [0.25, 0.3) is 0 Å². The van der Waals surface area contributed by atoms with Gasteiger partial charge in [-0.05, 0) is 32.3 Å². The lowest BCUT2D eigenvalue weighted by Gasteiger charge is -2.36. The summed E-state index contributed by atoms with van der Waals surface area (Å²) in [5.74, 6) is 0.435. The number of likely N-dealkylation sites (tertiary alicyclic amines) is 1. The van der Waals surface area contributed by atoms with Gasteiger partial charge in [0.15, 0.2) is 0 Å². The first-order chi connectivity index (χ1) is 11.7. The van der Waals surface area contributed by atoms with E-state index in [4.69, 9.17) is 10.1 Å². The van der Waals surface area contributed by atoms with E-state index in [9.17, 15) is 4.79 Å². The van der Waals surface area contributed by atoms with Crippen LogP contribution in [0.4, 0.5) is 4.79 Å². The molecule has 1 aromatic rings. The highest BCUT2D eigenvalue weighted by Crippen LogP contribution is 2.31. The zero-order valence-corrected chi connectivity index (χ0v) is 15.6. The van der Waals surface area contributed by atoms with Crippen LogP contribution in [-0.4, -0.2) is 47.5 Å². The Bertz CT molecular complexity index is 638. The molecule has 3 rings (SSSR count). The first-order valence-corrected chi connectivity index (χ1v) is 9.11. The molecule has 2 aliphatic heterocycles. The van der Waals surface area contributed by atoms with Gasteiger partial charge in [-0.3, -0.25) is 0 Å². The van der Waals surface area contributed by atoms with Crippen molar-refractivity contribution in [2.45, 2.75) is 57.7 Å². The second kappa shape index (κ2) is 6.79. The molecule has 0 radical (unpaired) electrons. The molecular formula is C20H29N3O2. The van der Waals surface area contributed by atoms with Crippen LogP contribution < -0.4 is 5.32 Å². The third-order valence-corrected chi connectivity index (χ3v) is 5.22. The number of amides is 1. The number of hydrogen-bond acceptors (Lipinski definition) is 4. The molecule has 0 aromatic heterocycles. The number of nitrogens with zero attached hydrogens (tertiary/aromatic N) is 1. The summed E-state index contributed by atoms with van der Waals surface area (Å²) in [7, 11) is 0. The number of fused-ring (bicyclic) bond motifs is 1. The molecule has 1 aromatic carbocycles. The summed E-state index contributed by atoms with van der Waals surface area (Å²) >= 11 is 0. The van der Waals surface area contributed by atoms with E-state index < -0.39 is 5.60 Å². The summed E-state index contributed by atoms with van der Waals surface area (Å²) in [5, 5.41) is 12.2. The largest absolute Gasteiger partial charge is 0.444 e. The Kier molecular flexibility index (Phi) is 4.87. The maximum absolute atomic E-state index is 12.4. The van der Waals surface area contributed by atoms with Gasteiger partial charge >= 0.3 is 6.09 Å². The number of piperidine rings is 1. The van der Waals surface area contributed by atoms with Crippen molar-refractivity contribution < 1.29 is 9.53 Å². The molecule has 4 unspecified atom stereocenters. The van der Waals surface area contributed by atoms with Crippen LogP contribution in [-0.2, 0) is 4.74 Å². The molecule has 4 atom stereocenters. The summed E-state index contributed by atoms with van der Waals surface area (Å²) in [6.07, 6.45) is 0.462. The standard InChI is InChI=1S/C20H29N3O2/c1-13(14-8-6-5-7-9-14)17-10-16(21)15-11-23(12-18(15)22-17)19(24)25-20(2,3)4/h5-9,13,15,17-18,21-22H,10-12H2,1-4H3. The van der Waals surface area contributed by atoms with Crippen molar-refractivity contribution in [3.8, 4) is 0 Å². The predicted octanol–water partition coefficient (Wildman–Crippen LogP) is 3.41. The summed E-state index contributed by atoms with van der Waals surface area (Å²) in [6, 6.07) is 10.8. The minimum Gasteiger partial charge on any atom is -0.444 e. The third kappa shape index (κ3) is 4.03. The van der Waals surface area contributed by atoms with Crippen LogP contribution in [0.15, 0.2) is 30.3 Å². The maximum atomic E-state index is 12.4. The van der Waals surface area contributed by atoms with E-state index in [0.717, 1.165) is 12.1 Å². The third-order valence-electron chi connectivity index (χ3n) is 5.22. The SMILES string of the molecule is CC(c1ccccc1)C1CC(=N)C2CN(C(=O)OC(C)(C)C)CC2N1. The number of rotatable bonds is 2. The normalized spacial score (nSPS) is 27.8. The molecule has 1 amide bonds. The second-order valence-electron chi connectivity index (χ2n) is 8.30. The molecule has 2 fully saturated rings. The zero-order valence-electron chi connectivity index (χ0n) is 15.6. The van der Waals surface area contributed by atoms with E-state index in [-0.39, 0.29) is 24.1 Å². The Morgan fingerprint density at radius 1 is 1.28 bits per heavy atom. The van der Waals surface area contributed by atoms with Crippen LogP contribution in [0.2, 0.25) is 0 Å². The monoisotopic (exact) mass is 343 g/mol. The molecule has 0 aliphatic carbocycles. The summed E-state index contributed by atoms with van der Waals surface area (Å²) in [5.41, 5.74) is 1.55. The summed E-state index contributed by atoms with van der Waals surface area (Å²) in [4.78, 5) is 14.1. The molecule has 0 spiro atoms. The Balaban J connectivity index is 1.67. The van der Waals surface area contributed by atoms with Crippen molar-refractivity contribution in [1.29, 1.82) is 5.41 Å². The first kappa shape index (κ1) is 17.9. The fraction of sp³-hybridized carbons (Fsp3) is 0.600. The molecule has 0 bridgehead atoms. The molecule has 2 saturated heterocycles. The Hall–Kier alpha value is -1.88. The molecule has 136 valence electrons. The van der Waals surface area contributed by atoms with Crippen molar-refractivity contribution in [3.63, 3.8) is 0 Å². The lowest BCUT2D eigenvalue weighted by Crippen LogP contribution is -2.53. The van der Waals surface area contributed by atoms with Crippen LogP contribution in [0.1, 0.15) is 45.6 Å². The molecular weight excluding hydrogens is 314 g/mol. The van der Waals surface area contributed by atoms with Gasteiger partial charge in [-0.1, -0.05) is 37.3 Å². The second-order valence-corrected chi connectivity index (χ2v) is 8.30. The highest BCUT2D eigenvalue weighted by Gasteiger charge is 2.44. The van der Waals surface area contributed by atoms with Crippen LogP contribution in [0.3, 0.4) is 0 Å². The number of ether oxygens (including phenoxy) is 1. The predicted molar refractivity (Wildman–Crippen MR) is 99.2 cm³/mol. The quantitative estimate of drug-likeness (QED) is 0.865. The Labute approximate surface area is 150 Å². The molecule has 5 heteroatoms. The molecule has 2 heterocycles. The first-order valence-electron chi connectivity index (χ1n) is 9.11. The molecule has 0 saturated carbocycles. The van der Waals surface area contributed by atoms with Crippen molar-refractivity contribution >= 4 is 11.8 Å². The van der Waals surface area contributed by atoms with Gasteiger partial charge in [0.2, 0.25) is 0 Å². The summed E-state index contributed by atoms with van der Waals surface area (Å²) in [6.45, 7) is 9.04. The number of carbonyl (C=O) groups is 1. The van der Waals surface area contributed by atoms with E-state index in [1.54, 1.807) is 4.90 Å². The Morgan fingerprint density at radius 3 is 2.60 bits per heavy atom. The maximum Gasteiger partial charge on any atom is 0.410 e. The number of hydrogen-bond donors (Lipinski definition) is 2. The van der Waals surface area contributed by atoms with Crippen LogP contribution in [0.25, 0.3) is 0 Å². The van der Waals surface area contributed by atoms with Gasteiger partial charge in [-0.2, -0.15) is 0 Å². The van der Waals surface area contributed by atoms with Gasteiger partial charge in [0.05, 0.1) is 0 Å². The average molecular weight is 343 g/mol. The van der Waals surface area contributed by atoms with E-state index in [1.807, 2.05) is 26.8 Å². The van der Waals surface area contributed by atoms with E-state index in [2.05, 4.69) is 36.5 Å². The zero-order chi connectivity index (χ0) is 18.2. The number of carbonyl (C=O) groups excluding carboxylic acids is 1.